The van der Waals surface area contributed by atoms with Gasteiger partial charge in [0, 0.05) is 0 Å². The zero-order valence-electron chi connectivity index (χ0n) is 22.1. The molecule has 0 unspecified atom stereocenters. The Balaban J connectivity index is 0.00000588. The fourth-order valence-electron chi connectivity index (χ4n) is 3.27. The average Bonchev–Trinajstić information content (AvgIpc) is 2.94. The van der Waals surface area contributed by atoms with Gasteiger partial charge in [-0.3, -0.25) is 4.79 Å². The van der Waals surface area contributed by atoms with Crippen LogP contribution in [0.4, 0.5) is 0 Å². The molecule has 216 valence electrons. The maximum Gasteiger partial charge on any atom is 0.352 e. The number of benzene rings is 3. The Morgan fingerprint density at radius 2 is 1.15 bits per heavy atom. The number of esters is 4. The quantitative estimate of drug-likeness (QED) is 0.250. The first-order valence-electron chi connectivity index (χ1n) is 12.1. The van der Waals surface area contributed by atoms with Crippen molar-refractivity contribution in [3.05, 3.63) is 95.6 Å². The van der Waals surface area contributed by atoms with E-state index >= 15 is 0 Å². The molecule has 3 atom stereocenters. The Hall–Kier alpha value is -4.74. The number of rotatable bonds is 11. The number of carbonyl (C=O) groups is 5. The Morgan fingerprint density at radius 1 is 0.707 bits per heavy atom. The lowest BCUT2D eigenvalue weighted by atomic mass is 10.1. The smallest absolute Gasteiger partial charge is 0.352 e. The lowest BCUT2D eigenvalue weighted by molar-refractivity contribution is -0.145. The van der Waals surface area contributed by atoms with Crippen LogP contribution in [-0.2, 0) is 30.3 Å². The summed E-state index contributed by atoms with van der Waals surface area (Å²) in [5.74, 6) is -5.21. The molecule has 0 bridgehead atoms. The highest BCUT2D eigenvalue weighted by atomic mass is 35.5. The fraction of sp³-hybridized carbons (Fsp3) is 0.207. The highest BCUT2D eigenvalue weighted by Crippen LogP contribution is 2.30. The molecule has 0 radical (unpaired) electrons. The van der Waals surface area contributed by atoms with Crippen LogP contribution >= 0.6 is 12.4 Å². The summed E-state index contributed by atoms with van der Waals surface area (Å²) in [5, 5.41) is 9.13. The molecule has 0 saturated carbocycles. The average molecular weight is 586 g/mol. The zero-order valence-corrected chi connectivity index (χ0v) is 22.9. The molecular formula is C29H28ClNO10. The Bertz CT molecular complexity index is 1380. The van der Waals surface area contributed by atoms with Gasteiger partial charge in [-0.05, 0) is 62.2 Å². The minimum Gasteiger partial charge on any atom is -0.480 e. The van der Waals surface area contributed by atoms with E-state index < -0.39 is 48.1 Å². The van der Waals surface area contributed by atoms with Crippen molar-refractivity contribution in [2.75, 3.05) is 0 Å². The first-order valence-corrected chi connectivity index (χ1v) is 12.1. The molecule has 0 aliphatic rings. The SMILES string of the molecule is C[C@H](OC(=O)c1ccccc1)C(=O)Oc1ccc(C[C@H](N)C(=O)O)cc1OC(=O)[C@H](C)OC(=O)c1ccccc1.Cl. The van der Waals surface area contributed by atoms with E-state index in [0.29, 0.717) is 5.56 Å². The maximum atomic E-state index is 12.8. The topological polar surface area (TPSA) is 169 Å². The largest absolute Gasteiger partial charge is 0.480 e. The summed E-state index contributed by atoms with van der Waals surface area (Å²) < 4.78 is 21.0. The maximum absolute atomic E-state index is 12.8. The molecular weight excluding hydrogens is 558 g/mol. The molecule has 41 heavy (non-hydrogen) atoms. The molecule has 0 aliphatic carbocycles. The molecule has 0 aliphatic heterocycles. The number of carbonyl (C=O) groups excluding carboxylic acids is 4. The fourth-order valence-corrected chi connectivity index (χ4v) is 3.27. The van der Waals surface area contributed by atoms with E-state index in [0.717, 1.165) is 0 Å². The predicted molar refractivity (Wildman–Crippen MR) is 147 cm³/mol. The second-order valence-corrected chi connectivity index (χ2v) is 8.60. The minimum atomic E-state index is -1.35. The van der Waals surface area contributed by atoms with E-state index in [1.807, 2.05) is 0 Å². The third-order valence-electron chi connectivity index (χ3n) is 5.45. The normalized spacial score (nSPS) is 12.5. The number of carboxylic acids is 1. The van der Waals surface area contributed by atoms with Crippen LogP contribution in [-0.4, -0.2) is 53.2 Å². The Labute approximate surface area is 241 Å². The van der Waals surface area contributed by atoms with Crippen molar-refractivity contribution in [1.82, 2.24) is 0 Å². The van der Waals surface area contributed by atoms with Crippen LogP contribution in [0, 0.1) is 0 Å². The predicted octanol–water partition coefficient (Wildman–Crippen LogP) is 3.36. The van der Waals surface area contributed by atoms with Gasteiger partial charge in [0.25, 0.3) is 0 Å². The highest BCUT2D eigenvalue weighted by Gasteiger charge is 2.26. The summed E-state index contributed by atoms with van der Waals surface area (Å²) in [6, 6.07) is 18.8. The number of nitrogens with two attached hydrogens (primary N) is 1. The minimum absolute atomic E-state index is 0. The molecule has 0 aromatic heterocycles. The van der Waals surface area contributed by atoms with Gasteiger partial charge in [0.05, 0.1) is 11.1 Å². The molecule has 12 heteroatoms. The molecule has 11 nitrogen and oxygen atoms in total. The second-order valence-electron chi connectivity index (χ2n) is 8.60. The van der Waals surface area contributed by atoms with Crippen LogP contribution in [0.15, 0.2) is 78.9 Å². The third kappa shape index (κ3) is 9.45. The first kappa shape index (κ1) is 32.5. The van der Waals surface area contributed by atoms with Gasteiger partial charge < -0.3 is 29.8 Å². The van der Waals surface area contributed by atoms with Crippen LogP contribution in [0.1, 0.15) is 40.1 Å². The van der Waals surface area contributed by atoms with Gasteiger partial charge in [-0.1, -0.05) is 42.5 Å². The lowest BCUT2D eigenvalue weighted by Crippen LogP contribution is -2.32. The van der Waals surface area contributed by atoms with Gasteiger partial charge in [-0.25, -0.2) is 19.2 Å². The molecule has 0 amide bonds. The van der Waals surface area contributed by atoms with Gasteiger partial charge in [0.2, 0.25) is 0 Å². The van der Waals surface area contributed by atoms with Crippen molar-refractivity contribution < 1.29 is 48.0 Å². The summed E-state index contributed by atoms with van der Waals surface area (Å²) in [7, 11) is 0. The van der Waals surface area contributed by atoms with Gasteiger partial charge in [0.15, 0.2) is 23.7 Å². The van der Waals surface area contributed by atoms with Crippen molar-refractivity contribution in [2.45, 2.75) is 38.5 Å². The van der Waals surface area contributed by atoms with E-state index in [-0.39, 0.29) is 41.5 Å². The van der Waals surface area contributed by atoms with E-state index in [9.17, 15) is 24.0 Å². The van der Waals surface area contributed by atoms with Crippen molar-refractivity contribution in [3.8, 4) is 11.5 Å². The lowest BCUT2D eigenvalue weighted by Gasteiger charge is -2.17. The number of ether oxygens (including phenoxy) is 4. The number of carboxylic acid groups (broad SMARTS) is 1. The third-order valence-corrected chi connectivity index (χ3v) is 5.45. The first-order chi connectivity index (χ1) is 19.0. The number of hydrogen-bond acceptors (Lipinski definition) is 10. The van der Waals surface area contributed by atoms with E-state index in [1.54, 1.807) is 36.4 Å². The van der Waals surface area contributed by atoms with Crippen molar-refractivity contribution in [3.63, 3.8) is 0 Å². The molecule has 3 rings (SSSR count). The second kappa shape index (κ2) is 15.2. The van der Waals surface area contributed by atoms with Crippen LogP contribution in [0.2, 0.25) is 0 Å². The van der Waals surface area contributed by atoms with Crippen LogP contribution in [0.5, 0.6) is 11.5 Å². The van der Waals surface area contributed by atoms with Crippen molar-refractivity contribution in [1.29, 1.82) is 0 Å². The van der Waals surface area contributed by atoms with Gasteiger partial charge in [-0.15, -0.1) is 12.4 Å². The van der Waals surface area contributed by atoms with E-state index in [4.69, 9.17) is 29.8 Å². The molecule has 3 aromatic carbocycles. The zero-order chi connectivity index (χ0) is 29.2. The van der Waals surface area contributed by atoms with Gasteiger partial charge in [0.1, 0.15) is 6.04 Å². The number of aliphatic carboxylic acids is 1. The van der Waals surface area contributed by atoms with E-state index in [2.05, 4.69) is 0 Å². The molecule has 0 saturated heterocycles. The van der Waals surface area contributed by atoms with Crippen LogP contribution in [0.3, 0.4) is 0 Å². The summed E-state index contributed by atoms with van der Waals surface area (Å²) in [5.41, 5.74) is 6.42. The molecule has 0 fully saturated rings. The summed E-state index contributed by atoms with van der Waals surface area (Å²) >= 11 is 0. The van der Waals surface area contributed by atoms with Crippen LogP contribution < -0.4 is 15.2 Å². The molecule has 0 spiro atoms. The molecule has 3 aromatic rings. The highest BCUT2D eigenvalue weighted by molar-refractivity contribution is 5.92. The molecule has 0 heterocycles. The summed E-state index contributed by atoms with van der Waals surface area (Å²) in [6.07, 6.45) is -2.81. The number of hydrogen-bond donors (Lipinski definition) is 2. The van der Waals surface area contributed by atoms with Crippen LogP contribution in [0.25, 0.3) is 0 Å². The standard InChI is InChI=1S/C29H27NO10.ClH/c1-17(37-28(35)20-9-5-3-6-10-20)26(33)39-23-14-13-19(15-22(30)25(31)32)16-24(23)40-27(34)18(2)38-29(36)21-11-7-4-8-12-21;/h3-14,16-18,22H,15,30H2,1-2H3,(H,31,32);1H/t17-,18-,22-;/m0./s1. The Morgan fingerprint density at radius 3 is 1.59 bits per heavy atom. The Kier molecular flexibility index (Phi) is 12.0. The monoisotopic (exact) mass is 585 g/mol. The van der Waals surface area contributed by atoms with Crippen molar-refractivity contribution in [2.24, 2.45) is 5.73 Å². The van der Waals surface area contributed by atoms with Crippen molar-refractivity contribution >= 4 is 42.3 Å². The summed E-state index contributed by atoms with van der Waals surface area (Å²) in [6.45, 7) is 2.60. The van der Waals surface area contributed by atoms with Gasteiger partial charge >= 0.3 is 29.8 Å². The van der Waals surface area contributed by atoms with E-state index in [1.165, 1.54) is 56.3 Å². The van der Waals surface area contributed by atoms with Gasteiger partial charge in [-0.2, -0.15) is 0 Å². The number of halogens is 1. The summed E-state index contributed by atoms with van der Waals surface area (Å²) in [4.78, 5) is 61.3. The molecule has 3 N–H and O–H groups in total.